The lowest BCUT2D eigenvalue weighted by Gasteiger charge is -2.07. The molecule has 0 aliphatic carbocycles. The summed E-state index contributed by atoms with van der Waals surface area (Å²) in [7, 11) is 0. The second-order valence-corrected chi connectivity index (χ2v) is 6.92. The Balaban J connectivity index is 1.42. The monoisotopic (exact) mass is 364 g/mol. The van der Waals surface area contributed by atoms with E-state index in [1.54, 1.807) is 12.1 Å². The summed E-state index contributed by atoms with van der Waals surface area (Å²) < 4.78 is 0. The smallest absolute Gasteiger partial charge is 0.345 e. The molecular weight excluding hydrogens is 348 g/mol. The van der Waals surface area contributed by atoms with E-state index >= 15 is 0 Å². The van der Waals surface area contributed by atoms with Gasteiger partial charge in [-0.05, 0) is 41.6 Å². The highest BCUT2D eigenvalue weighted by atomic mass is 32.1. The molecule has 0 aliphatic rings. The molecule has 3 heterocycles. The summed E-state index contributed by atoms with van der Waals surface area (Å²) in [6.07, 6.45) is 4.30. The minimum absolute atomic E-state index is 0.299. The SMILES string of the molecule is O=C(O)c1ccc(-c2cc(NCCc3ccc4cc[nH]c4c3)ncn2)s1. The number of H-pyrrole nitrogens is 1. The van der Waals surface area contributed by atoms with Crippen LogP contribution >= 0.6 is 11.3 Å². The van der Waals surface area contributed by atoms with Crippen molar-refractivity contribution in [1.29, 1.82) is 0 Å². The van der Waals surface area contributed by atoms with Gasteiger partial charge >= 0.3 is 5.97 Å². The lowest BCUT2D eigenvalue weighted by atomic mass is 10.1. The van der Waals surface area contributed by atoms with E-state index in [2.05, 4.69) is 44.5 Å². The van der Waals surface area contributed by atoms with Crippen molar-refractivity contribution >= 4 is 34.0 Å². The number of carbonyl (C=O) groups is 1. The first kappa shape index (κ1) is 16.3. The van der Waals surface area contributed by atoms with Crippen LogP contribution in [0.5, 0.6) is 0 Å². The highest BCUT2D eigenvalue weighted by Gasteiger charge is 2.10. The summed E-state index contributed by atoms with van der Waals surface area (Å²) in [6, 6.07) is 13.6. The highest BCUT2D eigenvalue weighted by Crippen LogP contribution is 2.27. The van der Waals surface area contributed by atoms with Crippen LogP contribution in [0, 0.1) is 0 Å². The number of nitrogens with zero attached hydrogens (tertiary/aromatic N) is 2. The van der Waals surface area contributed by atoms with Gasteiger partial charge in [0, 0.05) is 24.3 Å². The Morgan fingerprint density at radius 1 is 1.15 bits per heavy atom. The number of fused-ring (bicyclic) bond motifs is 1. The van der Waals surface area contributed by atoms with Crippen LogP contribution in [0.2, 0.25) is 0 Å². The molecule has 0 amide bonds. The molecule has 130 valence electrons. The molecule has 4 rings (SSSR count). The van der Waals surface area contributed by atoms with Crippen molar-refractivity contribution in [2.45, 2.75) is 6.42 Å². The Morgan fingerprint density at radius 3 is 2.92 bits per heavy atom. The van der Waals surface area contributed by atoms with Gasteiger partial charge in [-0.15, -0.1) is 11.3 Å². The molecule has 0 saturated carbocycles. The van der Waals surface area contributed by atoms with Crippen LogP contribution in [0.4, 0.5) is 5.82 Å². The van der Waals surface area contributed by atoms with Crippen molar-refractivity contribution in [2.24, 2.45) is 0 Å². The van der Waals surface area contributed by atoms with Gasteiger partial charge in [-0.1, -0.05) is 12.1 Å². The van der Waals surface area contributed by atoms with E-state index in [1.807, 2.05) is 12.3 Å². The minimum Gasteiger partial charge on any atom is -0.477 e. The van der Waals surface area contributed by atoms with Crippen LogP contribution in [0.15, 0.2) is 55.0 Å². The molecule has 0 unspecified atom stereocenters. The maximum absolute atomic E-state index is 11.0. The molecule has 3 aromatic heterocycles. The van der Waals surface area contributed by atoms with Crippen molar-refractivity contribution in [3.8, 4) is 10.6 Å². The normalized spacial score (nSPS) is 10.9. The molecule has 0 radical (unpaired) electrons. The van der Waals surface area contributed by atoms with Gasteiger partial charge in [-0.2, -0.15) is 0 Å². The lowest BCUT2D eigenvalue weighted by molar-refractivity contribution is 0.0702. The average Bonchev–Trinajstić information content (AvgIpc) is 3.31. The van der Waals surface area contributed by atoms with Gasteiger partial charge < -0.3 is 15.4 Å². The van der Waals surface area contributed by atoms with Crippen molar-refractivity contribution in [3.63, 3.8) is 0 Å². The Kier molecular flexibility index (Phi) is 4.37. The zero-order chi connectivity index (χ0) is 17.9. The van der Waals surface area contributed by atoms with Crippen molar-refractivity contribution in [1.82, 2.24) is 15.0 Å². The van der Waals surface area contributed by atoms with Gasteiger partial charge in [0.15, 0.2) is 0 Å². The third kappa shape index (κ3) is 3.43. The van der Waals surface area contributed by atoms with E-state index in [0.29, 0.717) is 10.6 Å². The molecule has 1 aromatic carbocycles. The maximum atomic E-state index is 11.0. The number of thiophene rings is 1. The third-order valence-electron chi connectivity index (χ3n) is 4.08. The van der Waals surface area contributed by atoms with Gasteiger partial charge in [0.1, 0.15) is 17.0 Å². The molecule has 0 fully saturated rings. The number of rotatable bonds is 6. The third-order valence-corrected chi connectivity index (χ3v) is 5.17. The Bertz CT molecular complexity index is 1070. The number of carboxylic acids is 1. The average molecular weight is 364 g/mol. The quantitative estimate of drug-likeness (QED) is 0.480. The zero-order valence-corrected chi connectivity index (χ0v) is 14.6. The van der Waals surface area contributed by atoms with Gasteiger partial charge in [0.25, 0.3) is 0 Å². The standard InChI is InChI=1S/C19H16N4O2S/c24-19(25)17-4-3-16(26-17)15-10-18(23-11-22-15)21-7-5-12-1-2-13-6-8-20-14(13)9-12/h1-4,6,8-11,20H,5,7H2,(H,24,25)(H,21,22,23). The number of carboxylic acid groups (broad SMARTS) is 1. The maximum Gasteiger partial charge on any atom is 0.345 e. The number of aromatic carboxylic acids is 1. The van der Waals surface area contributed by atoms with E-state index in [-0.39, 0.29) is 0 Å². The first-order valence-corrected chi connectivity index (χ1v) is 8.96. The molecule has 0 aliphatic heterocycles. The molecular formula is C19H16N4O2S. The molecule has 26 heavy (non-hydrogen) atoms. The molecule has 6 nitrogen and oxygen atoms in total. The van der Waals surface area contributed by atoms with Crippen molar-refractivity contribution in [3.05, 3.63) is 65.4 Å². The fraction of sp³-hybridized carbons (Fsp3) is 0.105. The molecule has 0 spiro atoms. The Labute approximate surface area is 153 Å². The molecule has 7 heteroatoms. The van der Waals surface area contributed by atoms with Crippen LogP contribution in [0.25, 0.3) is 21.5 Å². The van der Waals surface area contributed by atoms with Crippen molar-refractivity contribution in [2.75, 3.05) is 11.9 Å². The Morgan fingerprint density at radius 2 is 2.08 bits per heavy atom. The summed E-state index contributed by atoms with van der Waals surface area (Å²) in [5, 5.41) is 13.5. The van der Waals surface area contributed by atoms with E-state index in [4.69, 9.17) is 5.11 Å². The largest absolute Gasteiger partial charge is 0.477 e. The van der Waals surface area contributed by atoms with Crippen LogP contribution in [0.3, 0.4) is 0 Å². The number of benzene rings is 1. The Hall–Kier alpha value is -3.19. The van der Waals surface area contributed by atoms with Crippen molar-refractivity contribution < 1.29 is 9.90 Å². The number of nitrogens with one attached hydrogen (secondary N) is 2. The number of aromatic amines is 1. The summed E-state index contributed by atoms with van der Waals surface area (Å²) in [6.45, 7) is 0.744. The van der Waals surface area contributed by atoms with Gasteiger partial charge in [-0.3, -0.25) is 0 Å². The van der Waals surface area contributed by atoms with Gasteiger partial charge in [0.2, 0.25) is 0 Å². The number of aromatic nitrogens is 3. The first-order valence-electron chi connectivity index (χ1n) is 8.14. The predicted molar refractivity (Wildman–Crippen MR) is 103 cm³/mol. The van der Waals surface area contributed by atoms with Gasteiger partial charge in [-0.25, -0.2) is 14.8 Å². The molecule has 3 N–H and O–H groups in total. The number of hydrogen-bond acceptors (Lipinski definition) is 5. The second-order valence-electron chi connectivity index (χ2n) is 5.83. The topological polar surface area (TPSA) is 90.9 Å². The van der Waals surface area contributed by atoms with Crippen LogP contribution in [0.1, 0.15) is 15.2 Å². The molecule has 0 atom stereocenters. The molecule has 0 saturated heterocycles. The highest BCUT2D eigenvalue weighted by molar-refractivity contribution is 7.17. The minimum atomic E-state index is -0.923. The molecule has 0 bridgehead atoms. The fourth-order valence-electron chi connectivity index (χ4n) is 2.76. The van der Waals surface area contributed by atoms with E-state index in [1.165, 1.54) is 28.6 Å². The van der Waals surface area contributed by atoms with Crippen LogP contribution in [-0.2, 0) is 6.42 Å². The lowest BCUT2D eigenvalue weighted by Crippen LogP contribution is -2.06. The van der Waals surface area contributed by atoms with Crippen LogP contribution in [-0.4, -0.2) is 32.6 Å². The van der Waals surface area contributed by atoms with E-state index in [0.717, 1.165) is 29.2 Å². The zero-order valence-electron chi connectivity index (χ0n) is 13.8. The second kappa shape index (κ2) is 6.97. The van der Waals surface area contributed by atoms with Gasteiger partial charge in [0.05, 0.1) is 10.6 Å². The van der Waals surface area contributed by atoms with E-state index < -0.39 is 5.97 Å². The number of hydrogen-bond donors (Lipinski definition) is 3. The summed E-state index contributed by atoms with van der Waals surface area (Å²) >= 11 is 1.20. The molecule has 4 aromatic rings. The van der Waals surface area contributed by atoms with Crippen LogP contribution < -0.4 is 5.32 Å². The fourth-order valence-corrected chi connectivity index (χ4v) is 3.58. The predicted octanol–water partition coefficient (Wildman–Crippen LogP) is 4.04. The number of anilines is 1. The summed E-state index contributed by atoms with van der Waals surface area (Å²) in [5.41, 5.74) is 3.10. The van der Waals surface area contributed by atoms with E-state index in [9.17, 15) is 4.79 Å². The summed E-state index contributed by atoms with van der Waals surface area (Å²) in [4.78, 5) is 23.8. The summed E-state index contributed by atoms with van der Waals surface area (Å²) in [5.74, 6) is -0.200. The first-order chi connectivity index (χ1) is 12.7.